The summed E-state index contributed by atoms with van der Waals surface area (Å²) in [6.45, 7) is 1.99. The van der Waals surface area contributed by atoms with Crippen LogP contribution in [0.25, 0.3) is 0 Å². The summed E-state index contributed by atoms with van der Waals surface area (Å²) >= 11 is 0. The van der Waals surface area contributed by atoms with Gasteiger partial charge in [-0.05, 0) is 18.8 Å². The van der Waals surface area contributed by atoms with Crippen LogP contribution < -0.4 is 0 Å². The van der Waals surface area contributed by atoms with E-state index >= 15 is 0 Å². The SMILES string of the molecule is CC1C=CCCC(C(=O)O)=C1. The lowest BCUT2D eigenvalue weighted by Crippen LogP contribution is -2.00. The van der Waals surface area contributed by atoms with Crippen LogP contribution in [0.3, 0.4) is 0 Å². The highest BCUT2D eigenvalue weighted by Crippen LogP contribution is 2.15. The zero-order valence-electron chi connectivity index (χ0n) is 6.58. The summed E-state index contributed by atoms with van der Waals surface area (Å²) in [5.74, 6) is -0.510. The molecule has 0 saturated heterocycles. The van der Waals surface area contributed by atoms with Crippen LogP contribution in [0.5, 0.6) is 0 Å². The Balaban J connectivity index is 2.74. The Labute approximate surface area is 66.2 Å². The van der Waals surface area contributed by atoms with E-state index in [4.69, 9.17) is 5.11 Å². The summed E-state index contributed by atoms with van der Waals surface area (Å²) in [5.41, 5.74) is 0.544. The van der Waals surface area contributed by atoms with Crippen molar-refractivity contribution < 1.29 is 9.90 Å². The molecule has 0 fully saturated rings. The maximum atomic E-state index is 10.6. The molecule has 0 heterocycles. The number of hydrogen-bond donors (Lipinski definition) is 1. The highest BCUT2D eigenvalue weighted by atomic mass is 16.4. The Kier molecular flexibility index (Phi) is 2.47. The second kappa shape index (κ2) is 3.37. The number of carbonyl (C=O) groups is 1. The Morgan fingerprint density at radius 1 is 1.73 bits per heavy atom. The van der Waals surface area contributed by atoms with Crippen LogP contribution in [-0.4, -0.2) is 11.1 Å². The molecule has 2 nitrogen and oxygen atoms in total. The van der Waals surface area contributed by atoms with E-state index in [1.54, 1.807) is 0 Å². The fourth-order valence-corrected chi connectivity index (χ4v) is 1.18. The van der Waals surface area contributed by atoms with Crippen LogP contribution in [0.2, 0.25) is 0 Å². The summed E-state index contributed by atoms with van der Waals surface area (Å²) in [4.78, 5) is 10.6. The maximum Gasteiger partial charge on any atom is 0.331 e. The Morgan fingerprint density at radius 3 is 3.09 bits per heavy atom. The third-order valence-corrected chi connectivity index (χ3v) is 1.76. The van der Waals surface area contributed by atoms with Gasteiger partial charge in [0.05, 0.1) is 0 Å². The molecular formula is C9H12O2. The van der Waals surface area contributed by atoms with Crippen molar-refractivity contribution in [2.75, 3.05) is 0 Å². The summed E-state index contributed by atoms with van der Waals surface area (Å²) in [6, 6.07) is 0. The smallest absolute Gasteiger partial charge is 0.331 e. The van der Waals surface area contributed by atoms with Gasteiger partial charge in [-0.3, -0.25) is 0 Å². The number of rotatable bonds is 1. The van der Waals surface area contributed by atoms with E-state index in [9.17, 15) is 4.79 Å². The quantitative estimate of drug-likeness (QED) is 0.583. The van der Waals surface area contributed by atoms with E-state index in [0.29, 0.717) is 12.0 Å². The lowest BCUT2D eigenvalue weighted by atomic mass is 10.1. The van der Waals surface area contributed by atoms with Crippen LogP contribution in [0.1, 0.15) is 19.8 Å². The van der Waals surface area contributed by atoms with Crippen LogP contribution in [0.15, 0.2) is 23.8 Å². The molecule has 11 heavy (non-hydrogen) atoms. The first kappa shape index (κ1) is 8.05. The van der Waals surface area contributed by atoms with E-state index in [2.05, 4.69) is 0 Å². The molecule has 0 aromatic carbocycles. The van der Waals surface area contributed by atoms with Gasteiger partial charge in [0.25, 0.3) is 0 Å². The predicted octanol–water partition coefficient (Wildman–Crippen LogP) is 1.98. The van der Waals surface area contributed by atoms with Crippen molar-refractivity contribution in [3.63, 3.8) is 0 Å². The van der Waals surface area contributed by atoms with E-state index in [1.165, 1.54) is 0 Å². The van der Waals surface area contributed by atoms with Gasteiger partial charge in [-0.25, -0.2) is 4.79 Å². The minimum Gasteiger partial charge on any atom is -0.478 e. The molecule has 1 N–H and O–H groups in total. The number of aliphatic carboxylic acids is 1. The molecule has 0 radical (unpaired) electrons. The van der Waals surface area contributed by atoms with Gasteiger partial charge < -0.3 is 5.11 Å². The fraction of sp³-hybridized carbons (Fsp3) is 0.444. The number of carboxylic acids is 1. The summed E-state index contributed by atoms with van der Waals surface area (Å²) in [7, 11) is 0. The van der Waals surface area contributed by atoms with E-state index in [-0.39, 0.29) is 5.92 Å². The topological polar surface area (TPSA) is 37.3 Å². The zero-order chi connectivity index (χ0) is 8.27. The first-order chi connectivity index (χ1) is 5.20. The molecule has 1 atom stereocenters. The van der Waals surface area contributed by atoms with Gasteiger partial charge in [0.2, 0.25) is 0 Å². The molecule has 1 rings (SSSR count). The summed E-state index contributed by atoms with van der Waals surface area (Å²) in [6.07, 6.45) is 7.40. The summed E-state index contributed by atoms with van der Waals surface area (Å²) < 4.78 is 0. The van der Waals surface area contributed by atoms with Crippen molar-refractivity contribution in [1.29, 1.82) is 0 Å². The van der Waals surface area contributed by atoms with Crippen LogP contribution in [0, 0.1) is 5.92 Å². The van der Waals surface area contributed by atoms with Crippen LogP contribution in [0.4, 0.5) is 0 Å². The van der Waals surface area contributed by atoms with Gasteiger partial charge in [-0.15, -0.1) is 0 Å². The number of allylic oxidation sites excluding steroid dienone is 3. The lowest BCUT2D eigenvalue weighted by molar-refractivity contribution is -0.132. The molecule has 2 heteroatoms. The van der Waals surface area contributed by atoms with Gasteiger partial charge in [-0.2, -0.15) is 0 Å². The minimum atomic E-state index is -0.777. The first-order valence-electron chi connectivity index (χ1n) is 3.81. The van der Waals surface area contributed by atoms with Gasteiger partial charge in [0.1, 0.15) is 0 Å². The molecule has 0 spiro atoms. The number of carboxylic acid groups (broad SMARTS) is 1. The third kappa shape index (κ3) is 2.22. The van der Waals surface area contributed by atoms with E-state index in [1.807, 2.05) is 25.2 Å². The molecule has 60 valence electrons. The highest BCUT2D eigenvalue weighted by Gasteiger charge is 2.09. The zero-order valence-corrected chi connectivity index (χ0v) is 6.58. The molecule has 0 amide bonds. The van der Waals surface area contributed by atoms with Gasteiger partial charge in [0, 0.05) is 5.57 Å². The second-order valence-electron chi connectivity index (χ2n) is 2.82. The first-order valence-corrected chi connectivity index (χ1v) is 3.81. The third-order valence-electron chi connectivity index (χ3n) is 1.76. The average Bonchev–Trinajstić information content (AvgIpc) is 2.13. The minimum absolute atomic E-state index is 0.267. The van der Waals surface area contributed by atoms with Crippen molar-refractivity contribution in [1.82, 2.24) is 0 Å². The van der Waals surface area contributed by atoms with Crippen molar-refractivity contribution >= 4 is 5.97 Å². The molecule has 0 saturated carbocycles. The molecule has 0 aromatic rings. The standard InChI is InChI=1S/C9H12O2/c1-7-4-2-3-5-8(6-7)9(10)11/h2,4,6-7H,3,5H2,1H3,(H,10,11). The molecular weight excluding hydrogens is 140 g/mol. The number of hydrogen-bond acceptors (Lipinski definition) is 1. The van der Waals surface area contributed by atoms with Crippen molar-refractivity contribution in [2.24, 2.45) is 5.92 Å². The molecule has 1 aliphatic rings. The maximum absolute atomic E-state index is 10.6. The molecule has 0 bridgehead atoms. The largest absolute Gasteiger partial charge is 0.478 e. The van der Waals surface area contributed by atoms with E-state index in [0.717, 1.165) is 6.42 Å². The van der Waals surface area contributed by atoms with E-state index < -0.39 is 5.97 Å². The predicted molar refractivity (Wildman–Crippen MR) is 43.3 cm³/mol. The van der Waals surface area contributed by atoms with Crippen molar-refractivity contribution in [3.8, 4) is 0 Å². The van der Waals surface area contributed by atoms with Crippen LogP contribution in [-0.2, 0) is 4.79 Å². The molecule has 1 aliphatic carbocycles. The Hall–Kier alpha value is -1.05. The van der Waals surface area contributed by atoms with Gasteiger partial charge in [0.15, 0.2) is 0 Å². The van der Waals surface area contributed by atoms with Crippen LogP contribution >= 0.6 is 0 Å². The lowest BCUT2D eigenvalue weighted by Gasteiger charge is -1.98. The molecule has 0 aliphatic heterocycles. The average molecular weight is 152 g/mol. The summed E-state index contributed by atoms with van der Waals surface area (Å²) in [5, 5.41) is 8.68. The van der Waals surface area contributed by atoms with Crippen molar-refractivity contribution in [3.05, 3.63) is 23.8 Å². The monoisotopic (exact) mass is 152 g/mol. The van der Waals surface area contributed by atoms with Crippen molar-refractivity contribution in [2.45, 2.75) is 19.8 Å². The Bertz CT molecular complexity index is 214. The normalized spacial score (nSPS) is 24.1. The molecule has 0 aromatic heterocycles. The fourth-order valence-electron chi connectivity index (χ4n) is 1.18. The Morgan fingerprint density at radius 2 is 2.45 bits per heavy atom. The van der Waals surface area contributed by atoms with Gasteiger partial charge >= 0.3 is 5.97 Å². The van der Waals surface area contributed by atoms with Gasteiger partial charge in [-0.1, -0.05) is 25.2 Å². The molecule has 1 unspecified atom stereocenters. The highest BCUT2D eigenvalue weighted by molar-refractivity contribution is 5.86. The second-order valence-corrected chi connectivity index (χ2v) is 2.82.